The Morgan fingerprint density at radius 1 is 0.458 bits per heavy atom. The largest absolute Gasteiger partial charge is 0.248 e. The number of benzene rings is 4. The van der Waals surface area contributed by atoms with Gasteiger partial charge >= 0.3 is 0 Å². The number of hydrogen-bond acceptors (Lipinski definition) is 2. The van der Waals surface area contributed by atoms with Crippen LogP contribution in [0.15, 0.2) is 82.8 Å². The van der Waals surface area contributed by atoms with Gasteiger partial charge in [0.25, 0.3) is 0 Å². The summed E-state index contributed by atoms with van der Waals surface area (Å²) in [6, 6.07) is 25.4. The highest BCUT2D eigenvalue weighted by atomic mass is 14.8. The lowest BCUT2D eigenvalue weighted by Crippen LogP contribution is -1.97. The van der Waals surface area contributed by atoms with Gasteiger partial charge < -0.3 is 0 Å². The van der Waals surface area contributed by atoms with Gasteiger partial charge in [-0.3, -0.25) is 0 Å². The molecule has 2 heterocycles. The van der Waals surface area contributed by atoms with E-state index >= 15 is 0 Å². The standard InChI is InChI=1S/C22H12N2/c1-3-7-17-15(5-1)21-13-9-12-20-22(14(13)10-11-19(21)23-17)16-6-2-4-8-18(16)24-20/h1-12H. The Labute approximate surface area is 137 Å². The van der Waals surface area contributed by atoms with Crippen molar-refractivity contribution in [2.75, 3.05) is 0 Å². The van der Waals surface area contributed by atoms with Gasteiger partial charge in [0.05, 0.1) is 22.1 Å². The van der Waals surface area contributed by atoms with Crippen molar-refractivity contribution in [1.29, 1.82) is 0 Å². The zero-order chi connectivity index (χ0) is 15.7. The average Bonchev–Trinajstić information content (AvgIpc) is 3.19. The fourth-order valence-corrected chi connectivity index (χ4v) is 3.96. The summed E-state index contributed by atoms with van der Waals surface area (Å²) in [5.41, 5.74) is 2.12. The quantitative estimate of drug-likeness (QED) is 0.406. The molecule has 4 aromatic carbocycles. The molecular weight excluding hydrogens is 292 g/mol. The lowest BCUT2D eigenvalue weighted by Gasteiger charge is -2.02. The second-order valence-electron chi connectivity index (χ2n) is 6.27. The summed E-state index contributed by atoms with van der Waals surface area (Å²) in [6.07, 6.45) is 0. The van der Waals surface area contributed by atoms with E-state index in [0.717, 1.165) is 22.1 Å². The Balaban J connectivity index is 1.98. The number of rotatable bonds is 0. The summed E-state index contributed by atoms with van der Waals surface area (Å²) in [5, 5.41) is 9.57. The molecule has 0 aliphatic carbocycles. The molecular formula is C22H12N2. The van der Waals surface area contributed by atoms with Crippen molar-refractivity contribution in [3.8, 4) is 0 Å². The topological polar surface area (TPSA) is 24.7 Å². The van der Waals surface area contributed by atoms with E-state index < -0.39 is 0 Å². The fraction of sp³-hybridized carbons (Fsp3) is 0. The van der Waals surface area contributed by atoms with Crippen molar-refractivity contribution in [3.63, 3.8) is 0 Å². The maximum atomic E-state index is 4.78. The molecule has 2 nitrogen and oxygen atoms in total. The zero-order valence-electron chi connectivity index (χ0n) is 12.8. The molecule has 0 saturated heterocycles. The third-order valence-corrected chi connectivity index (χ3v) is 4.99. The van der Waals surface area contributed by atoms with Gasteiger partial charge in [-0.1, -0.05) is 48.5 Å². The lowest BCUT2D eigenvalue weighted by atomic mass is 10.0. The van der Waals surface area contributed by atoms with E-state index in [1.807, 2.05) is 12.1 Å². The zero-order valence-corrected chi connectivity index (χ0v) is 12.8. The van der Waals surface area contributed by atoms with Gasteiger partial charge in [0, 0.05) is 20.9 Å². The first-order valence-corrected chi connectivity index (χ1v) is 8.12. The van der Waals surface area contributed by atoms with E-state index in [0.29, 0.717) is 0 Å². The van der Waals surface area contributed by atoms with E-state index in [4.69, 9.17) is 9.98 Å². The smallest absolute Gasteiger partial charge is 0.0722 e. The molecule has 0 spiro atoms. The monoisotopic (exact) mass is 304 g/mol. The lowest BCUT2D eigenvalue weighted by molar-refractivity contribution is 1.37. The van der Waals surface area contributed by atoms with E-state index in [1.165, 1.54) is 31.6 Å². The van der Waals surface area contributed by atoms with Crippen LogP contribution in [0, 0.1) is 20.9 Å². The molecule has 0 saturated carbocycles. The van der Waals surface area contributed by atoms with Crippen molar-refractivity contribution < 1.29 is 0 Å². The fourth-order valence-electron chi connectivity index (χ4n) is 3.96. The van der Waals surface area contributed by atoms with E-state index in [1.54, 1.807) is 0 Å². The van der Waals surface area contributed by atoms with Crippen LogP contribution < -0.4 is 10.7 Å². The third kappa shape index (κ3) is 1.41. The SMILES string of the molecule is c1ccc2c(c1)=Nc1ccc3c4c(ccc3c1=2)N=c1ccccc1=4. The van der Waals surface area contributed by atoms with Gasteiger partial charge in [0.1, 0.15) is 0 Å². The minimum atomic E-state index is 1.06. The molecule has 0 amide bonds. The maximum absolute atomic E-state index is 4.78. The third-order valence-electron chi connectivity index (χ3n) is 4.99. The van der Waals surface area contributed by atoms with Crippen LogP contribution in [-0.4, -0.2) is 0 Å². The molecule has 110 valence electrons. The molecule has 0 atom stereocenters. The minimum absolute atomic E-state index is 1.06. The van der Waals surface area contributed by atoms with Gasteiger partial charge in [-0.25, -0.2) is 9.98 Å². The first kappa shape index (κ1) is 12.2. The van der Waals surface area contributed by atoms with E-state index in [2.05, 4.69) is 60.7 Å². The Morgan fingerprint density at radius 3 is 1.42 bits per heavy atom. The predicted octanol–water partition coefficient (Wildman–Crippen LogP) is 3.94. The van der Waals surface area contributed by atoms with Gasteiger partial charge in [0.2, 0.25) is 0 Å². The van der Waals surface area contributed by atoms with Crippen LogP contribution in [-0.2, 0) is 0 Å². The number of para-hydroxylation sites is 2. The minimum Gasteiger partial charge on any atom is -0.248 e. The predicted molar refractivity (Wildman–Crippen MR) is 93.8 cm³/mol. The molecule has 6 rings (SSSR count). The molecule has 2 aliphatic rings. The molecule has 0 fully saturated rings. The van der Waals surface area contributed by atoms with Crippen LogP contribution in [0.5, 0.6) is 0 Å². The number of nitrogens with zero attached hydrogens (tertiary/aromatic N) is 2. The van der Waals surface area contributed by atoms with Gasteiger partial charge in [-0.05, 0) is 35.0 Å². The highest BCUT2D eigenvalue weighted by Gasteiger charge is 2.12. The summed E-state index contributed by atoms with van der Waals surface area (Å²) in [7, 11) is 0. The first-order valence-electron chi connectivity index (χ1n) is 8.12. The molecule has 2 aliphatic heterocycles. The van der Waals surface area contributed by atoms with Gasteiger partial charge in [-0.2, -0.15) is 0 Å². The molecule has 2 heteroatoms. The summed E-state index contributed by atoms with van der Waals surface area (Å²) < 4.78 is 0. The van der Waals surface area contributed by atoms with Crippen molar-refractivity contribution in [2.24, 2.45) is 9.98 Å². The Kier molecular flexibility index (Phi) is 2.12. The Morgan fingerprint density at radius 2 is 0.917 bits per heavy atom. The molecule has 4 aromatic rings. The molecule has 24 heavy (non-hydrogen) atoms. The first-order chi connectivity index (χ1) is 11.9. The van der Waals surface area contributed by atoms with Crippen LogP contribution in [0.3, 0.4) is 0 Å². The maximum Gasteiger partial charge on any atom is 0.0722 e. The van der Waals surface area contributed by atoms with Crippen molar-refractivity contribution in [3.05, 3.63) is 104 Å². The van der Waals surface area contributed by atoms with Crippen molar-refractivity contribution in [2.45, 2.75) is 0 Å². The van der Waals surface area contributed by atoms with Crippen LogP contribution in [0.25, 0.3) is 10.8 Å². The van der Waals surface area contributed by atoms with Crippen LogP contribution in [0.1, 0.15) is 0 Å². The second-order valence-corrected chi connectivity index (χ2v) is 6.27. The average molecular weight is 304 g/mol. The number of fused-ring (bicyclic) bond motifs is 7. The van der Waals surface area contributed by atoms with Crippen LogP contribution in [0.4, 0.5) is 11.4 Å². The van der Waals surface area contributed by atoms with Gasteiger partial charge in [-0.15, -0.1) is 0 Å². The number of hydrogen-bond donors (Lipinski definition) is 0. The van der Waals surface area contributed by atoms with E-state index in [9.17, 15) is 0 Å². The molecule has 0 aromatic heterocycles. The molecule has 0 bridgehead atoms. The Hall–Kier alpha value is -3.26. The highest BCUT2D eigenvalue weighted by molar-refractivity contribution is 5.90. The summed E-state index contributed by atoms with van der Waals surface area (Å²) >= 11 is 0. The molecule has 0 N–H and O–H groups in total. The summed E-state index contributed by atoms with van der Waals surface area (Å²) in [6.45, 7) is 0. The molecule has 0 radical (unpaired) electrons. The van der Waals surface area contributed by atoms with Crippen LogP contribution >= 0.6 is 0 Å². The van der Waals surface area contributed by atoms with Crippen molar-refractivity contribution in [1.82, 2.24) is 0 Å². The Bertz CT molecular complexity index is 1380. The van der Waals surface area contributed by atoms with E-state index in [-0.39, 0.29) is 0 Å². The normalized spacial score (nSPS) is 12.8. The summed E-state index contributed by atoms with van der Waals surface area (Å²) in [4.78, 5) is 9.56. The second kappa shape index (κ2) is 4.18. The highest BCUT2D eigenvalue weighted by Crippen LogP contribution is 2.31. The summed E-state index contributed by atoms with van der Waals surface area (Å²) in [5.74, 6) is 0. The van der Waals surface area contributed by atoms with Gasteiger partial charge in [0.15, 0.2) is 0 Å². The van der Waals surface area contributed by atoms with Crippen LogP contribution in [0.2, 0.25) is 0 Å². The van der Waals surface area contributed by atoms with Crippen molar-refractivity contribution >= 4 is 22.1 Å². The molecule has 0 unspecified atom stereocenters.